The third-order valence-corrected chi connectivity index (χ3v) is 2.60. The second-order valence-corrected chi connectivity index (χ2v) is 3.73. The van der Waals surface area contributed by atoms with Crippen molar-refractivity contribution in [3.8, 4) is 0 Å². The van der Waals surface area contributed by atoms with Crippen molar-refractivity contribution in [2.75, 3.05) is 7.11 Å². The van der Waals surface area contributed by atoms with Gasteiger partial charge in [0.2, 0.25) is 0 Å². The Labute approximate surface area is 99.3 Å². The SMILES string of the molecule is COC(C)C(OC(N)=O)c1ccccc1Cl. The zero-order valence-electron chi connectivity index (χ0n) is 9.14. The maximum absolute atomic E-state index is 10.8. The Morgan fingerprint density at radius 1 is 1.44 bits per heavy atom. The lowest BCUT2D eigenvalue weighted by Gasteiger charge is -2.23. The van der Waals surface area contributed by atoms with Gasteiger partial charge in [-0.3, -0.25) is 0 Å². The Morgan fingerprint density at radius 2 is 2.06 bits per heavy atom. The first-order chi connectivity index (χ1) is 7.56. The summed E-state index contributed by atoms with van der Waals surface area (Å²) < 4.78 is 10.1. The van der Waals surface area contributed by atoms with Crippen molar-refractivity contribution >= 4 is 17.7 Å². The summed E-state index contributed by atoms with van der Waals surface area (Å²) in [5.74, 6) is 0. The second kappa shape index (κ2) is 5.72. The number of carbonyl (C=O) groups is 1. The molecule has 1 rings (SSSR count). The van der Waals surface area contributed by atoms with E-state index < -0.39 is 12.2 Å². The molecule has 0 saturated carbocycles. The molecule has 0 heterocycles. The molecule has 0 radical (unpaired) electrons. The lowest BCUT2D eigenvalue weighted by molar-refractivity contribution is -0.0109. The van der Waals surface area contributed by atoms with Crippen LogP contribution in [0.15, 0.2) is 24.3 Å². The molecule has 1 aromatic carbocycles. The van der Waals surface area contributed by atoms with Crippen LogP contribution in [0.5, 0.6) is 0 Å². The van der Waals surface area contributed by atoms with Crippen LogP contribution >= 0.6 is 11.6 Å². The van der Waals surface area contributed by atoms with Crippen LogP contribution in [0.2, 0.25) is 5.02 Å². The molecule has 0 bridgehead atoms. The first-order valence-corrected chi connectivity index (χ1v) is 5.17. The predicted octanol–water partition coefficient (Wildman–Crippen LogP) is 2.51. The summed E-state index contributed by atoms with van der Waals surface area (Å²) >= 11 is 6.02. The zero-order chi connectivity index (χ0) is 12.1. The lowest BCUT2D eigenvalue weighted by atomic mass is 10.1. The van der Waals surface area contributed by atoms with E-state index in [-0.39, 0.29) is 6.10 Å². The van der Waals surface area contributed by atoms with E-state index in [0.29, 0.717) is 10.6 Å². The molecule has 0 spiro atoms. The van der Waals surface area contributed by atoms with Gasteiger partial charge in [-0.05, 0) is 13.0 Å². The fourth-order valence-electron chi connectivity index (χ4n) is 1.37. The average Bonchev–Trinajstić information content (AvgIpc) is 2.26. The van der Waals surface area contributed by atoms with Gasteiger partial charge in [0.05, 0.1) is 6.10 Å². The molecule has 0 aromatic heterocycles. The van der Waals surface area contributed by atoms with Crippen LogP contribution < -0.4 is 5.73 Å². The smallest absolute Gasteiger partial charge is 0.405 e. The van der Waals surface area contributed by atoms with E-state index in [9.17, 15) is 4.79 Å². The fraction of sp³-hybridized carbons (Fsp3) is 0.364. The number of rotatable bonds is 4. The van der Waals surface area contributed by atoms with Crippen LogP contribution in [0.4, 0.5) is 4.79 Å². The third kappa shape index (κ3) is 3.12. The second-order valence-electron chi connectivity index (χ2n) is 3.32. The van der Waals surface area contributed by atoms with Crippen molar-refractivity contribution in [3.63, 3.8) is 0 Å². The maximum Gasteiger partial charge on any atom is 0.405 e. The number of primary amides is 1. The standard InChI is InChI=1S/C11H14ClNO3/c1-7(15-2)10(16-11(13)14)8-5-3-4-6-9(8)12/h3-7,10H,1-2H3,(H2,13,14). The molecule has 2 N–H and O–H groups in total. The molecule has 0 aliphatic heterocycles. The highest BCUT2D eigenvalue weighted by molar-refractivity contribution is 6.31. The van der Waals surface area contributed by atoms with Crippen molar-refractivity contribution in [2.45, 2.75) is 19.1 Å². The number of halogens is 1. The molecule has 16 heavy (non-hydrogen) atoms. The van der Waals surface area contributed by atoms with E-state index in [1.807, 2.05) is 0 Å². The number of nitrogens with two attached hydrogens (primary N) is 1. The molecule has 1 aromatic rings. The zero-order valence-corrected chi connectivity index (χ0v) is 9.90. The number of benzene rings is 1. The highest BCUT2D eigenvalue weighted by atomic mass is 35.5. The molecular weight excluding hydrogens is 230 g/mol. The van der Waals surface area contributed by atoms with Crippen LogP contribution in [0, 0.1) is 0 Å². The summed E-state index contributed by atoms with van der Waals surface area (Å²) in [7, 11) is 1.53. The molecule has 0 aliphatic carbocycles. The van der Waals surface area contributed by atoms with Crippen LogP contribution in [0.3, 0.4) is 0 Å². The van der Waals surface area contributed by atoms with E-state index in [2.05, 4.69) is 0 Å². The van der Waals surface area contributed by atoms with E-state index in [0.717, 1.165) is 0 Å². The molecule has 2 unspecified atom stereocenters. The highest BCUT2D eigenvalue weighted by Crippen LogP contribution is 2.29. The summed E-state index contributed by atoms with van der Waals surface area (Å²) in [4.78, 5) is 10.8. The Balaban J connectivity index is 3.01. The van der Waals surface area contributed by atoms with Crippen molar-refractivity contribution in [2.24, 2.45) is 5.73 Å². The highest BCUT2D eigenvalue weighted by Gasteiger charge is 2.24. The molecule has 0 saturated heterocycles. The minimum Gasteiger partial charge on any atom is -0.439 e. The quantitative estimate of drug-likeness (QED) is 0.884. The summed E-state index contributed by atoms with van der Waals surface area (Å²) in [5.41, 5.74) is 5.69. The molecular formula is C11H14ClNO3. The molecule has 0 fully saturated rings. The summed E-state index contributed by atoms with van der Waals surface area (Å²) in [6.07, 6.45) is -1.78. The Kier molecular flexibility index (Phi) is 4.58. The number of hydrogen-bond acceptors (Lipinski definition) is 3. The van der Waals surface area contributed by atoms with E-state index in [4.69, 9.17) is 26.8 Å². The molecule has 4 nitrogen and oxygen atoms in total. The molecule has 2 atom stereocenters. The van der Waals surface area contributed by atoms with Crippen LogP contribution in [-0.4, -0.2) is 19.3 Å². The van der Waals surface area contributed by atoms with Crippen LogP contribution in [-0.2, 0) is 9.47 Å². The fourth-order valence-corrected chi connectivity index (χ4v) is 1.61. The summed E-state index contributed by atoms with van der Waals surface area (Å²) in [6, 6.07) is 7.09. The van der Waals surface area contributed by atoms with Gasteiger partial charge in [-0.2, -0.15) is 0 Å². The topological polar surface area (TPSA) is 61.6 Å². The predicted molar refractivity (Wildman–Crippen MR) is 61.3 cm³/mol. The van der Waals surface area contributed by atoms with Gasteiger partial charge in [0.15, 0.2) is 6.10 Å². The van der Waals surface area contributed by atoms with Gasteiger partial charge in [-0.15, -0.1) is 0 Å². The molecule has 1 amide bonds. The third-order valence-electron chi connectivity index (χ3n) is 2.25. The Hall–Kier alpha value is -1.26. The first-order valence-electron chi connectivity index (χ1n) is 4.79. The number of amides is 1. The lowest BCUT2D eigenvalue weighted by Crippen LogP contribution is -2.26. The normalized spacial score (nSPS) is 14.2. The van der Waals surface area contributed by atoms with Crippen molar-refractivity contribution in [1.29, 1.82) is 0 Å². The van der Waals surface area contributed by atoms with Crippen molar-refractivity contribution in [3.05, 3.63) is 34.9 Å². The number of hydrogen-bond donors (Lipinski definition) is 1. The number of ether oxygens (including phenoxy) is 2. The van der Waals surface area contributed by atoms with Gasteiger partial charge >= 0.3 is 6.09 Å². The van der Waals surface area contributed by atoms with Crippen molar-refractivity contribution < 1.29 is 14.3 Å². The van der Waals surface area contributed by atoms with Gasteiger partial charge in [-0.1, -0.05) is 29.8 Å². The molecule has 0 aliphatic rings. The van der Waals surface area contributed by atoms with E-state index >= 15 is 0 Å². The van der Waals surface area contributed by atoms with Crippen molar-refractivity contribution in [1.82, 2.24) is 0 Å². The van der Waals surface area contributed by atoms with Gasteiger partial charge in [0.25, 0.3) is 0 Å². The largest absolute Gasteiger partial charge is 0.439 e. The maximum atomic E-state index is 10.8. The minimum atomic E-state index is -0.853. The number of carbonyl (C=O) groups excluding carboxylic acids is 1. The average molecular weight is 244 g/mol. The van der Waals surface area contributed by atoms with Gasteiger partial charge in [-0.25, -0.2) is 4.79 Å². The monoisotopic (exact) mass is 243 g/mol. The molecule has 88 valence electrons. The summed E-state index contributed by atoms with van der Waals surface area (Å²) in [6.45, 7) is 1.77. The first kappa shape index (κ1) is 12.8. The van der Waals surface area contributed by atoms with E-state index in [1.54, 1.807) is 31.2 Å². The number of methoxy groups -OCH3 is 1. The van der Waals surface area contributed by atoms with Crippen LogP contribution in [0.25, 0.3) is 0 Å². The van der Waals surface area contributed by atoms with E-state index in [1.165, 1.54) is 7.11 Å². The molecule has 5 heteroatoms. The van der Waals surface area contributed by atoms with Gasteiger partial charge < -0.3 is 15.2 Å². The van der Waals surface area contributed by atoms with Gasteiger partial charge in [0.1, 0.15) is 0 Å². The van der Waals surface area contributed by atoms with Gasteiger partial charge in [0, 0.05) is 17.7 Å². The summed E-state index contributed by atoms with van der Waals surface area (Å²) in [5, 5.41) is 0.512. The Morgan fingerprint density at radius 3 is 2.56 bits per heavy atom. The van der Waals surface area contributed by atoms with Crippen LogP contribution in [0.1, 0.15) is 18.6 Å². The Bertz CT molecular complexity index is 370. The minimum absolute atomic E-state index is 0.326.